The van der Waals surface area contributed by atoms with Gasteiger partial charge in [-0.3, -0.25) is 0 Å². The minimum absolute atomic E-state index is 0.0248. The second-order valence-electron chi connectivity index (χ2n) is 5.80. The van der Waals surface area contributed by atoms with Crippen molar-refractivity contribution in [1.29, 1.82) is 0 Å². The van der Waals surface area contributed by atoms with Gasteiger partial charge in [-0.25, -0.2) is 0 Å². The van der Waals surface area contributed by atoms with E-state index in [1.165, 1.54) is 5.56 Å². The predicted octanol–water partition coefficient (Wildman–Crippen LogP) is 2.87. The summed E-state index contributed by atoms with van der Waals surface area (Å²) in [6.45, 7) is 0.864. The van der Waals surface area contributed by atoms with Crippen LogP contribution in [-0.4, -0.2) is 22.9 Å². The van der Waals surface area contributed by atoms with Crippen molar-refractivity contribution < 1.29 is 9.26 Å². The molecule has 4 rings (SSSR count). The maximum absolute atomic E-state index is 5.63. The number of benzene rings is 1. The molecule has 0 spiro atoms. The van der Waals surface area contributed by atoms with Crippen LogP contribution in [-0.2, 0) is 16.6 Å². The Morgan fingerprint density at radius 2 is 2.05 bits per heavy atom. The first kappa shape index (κ1) is 12.1. The van der Waals surface area contributed by atoms with E-state index in [1.807, 2.05) is 6.07 Å². The minimum atomic E-state index is -0.0248. The Morgan fingerprint density at radius 3 is 2.75 bits per heavy atom. The number of aromatic nitrogens is 2. The number of hydrogen-bond acceptors (Lipinski definition) is 4. The van der Waals surface area contributed by atoms with Crippen molar-refractivity contribution >= 4 is 0 Å². The van der Waals surface area contributed by atoms with Crippen molar-refractivity contribution in [1.82, 2.24) is 10.1 Å². The van der Waals surface area contributed by atoms with Crippen molar-refractivity contribution in [2.45, 2.75) is 43.6 Å². The average molecular weight is 270 g/mol. The Kier molecular flexibility index (Phi) is 2.84. The number of ether oxygens (including phenoxy) is 1. The van der Waals surface area contributed by atoms with Gasteiger partial charge < -0.3 is 9.26 Å². The van der Waals surface area contributed by atoms with E-state index in [0.717, 1.165) is 50.4 Å². The SMILES string of the molecule is c1ccc(C2(c3nc(C[C@H]4CCCO4)no3)CC2)cc1. The highest BCUT2D eigenvalue weighted by Crippen LogP contribution is 2.52. The third-order valence-corrected chi connectivity index (χ3v) is 4.39. The van der Waals surface area contributed by atoms with Gasteiger partial charge in [-0.1, -0.05) is 35.5 Å². The topological polar surface area (TPSA) is 48.2 Å². The number of hydrogen-bond donors (Lipinski definition) is 0. The molecule has 1 aromatic carbocycles. The number of nitrogens with zero attached hydrogens (tertiary/aromatic N) is 2. The third kappa shape index (κ3) is 2.04. The summed E-state index contributed by atoms with van der Waals surface area (Å²) in [7, 11) is 0. The van der Waals surface area contributed by atoms with Crippen LogP contribution in [0.15, 0.2) is 34.9 Å². The van der Waals surface area contributed by atoms with Crippen molar-refractivity contribution in [3.8, 4) is 0 Å². The van der Waals surface area contributed by atoms with E-state index in [-0.39, 0.29) is 11.5 Å². The first-order valence-electron chi connectivity index (χ1n) is 7.37. The smallest absolute Gasteiger partial charge is 0.237 e. The molecule has 0 radical (unpaired) electrons. The van der Waals surface area contributed by atoms with Gasteiger partial charge in [0.05, 0.1) is 11.5 Å². The molecule has 4 heteroatoms. The van der Waals surface area contributed by atoms with Crippen molar-refractivity contribution in [3.05, 3.63) is 47.6 Å². The highest BCUT2D eigenvalue weighted by atomic mass is 16.5. The maximum Gasteiger partial charge on any atom is 0.237 e. The predicted molar refractivity (Wildman–Crippen MR) is 73.4 cm³/mol. The molecule has 2 fully saturated rings. The fraction of sp³-hybridized carbons (Fsp3) is 0.500. The van der Waals surface area contributed by atoms with Crippen molar-refractivity contribution in [3.63, 3.8) is 0 Å². The van der Waals surface area contributed by atoms with E-state index in [4.69, 9.17) is 9.26 Å². The maximum atomic E-state index is 5.63. The molecule has 1 saturated carbocycles. The second kappa shape index (κ2) is 4.70. The van der Waals surface area contributed by atoms with Gasteiger partial charge in [0.25, 0.3) is 0 Å². The Hall–Kier alpha value is -1.68. The van der Waals surface area contributed by atoms with Gasteiger partial charge in [-0.2, -0.15) is 4.98 Å². The molecule has 2 aromatic rings. The summed E-state index contributed by atoms with van der Waals surface area (Å²) in [4.78, 5) is 4.63. The molecule has 0 N–H and O–H groups in total. The molecule has 1 aliphatic heterocycles. The quantitative estimate of drug-likeness (QED) is 0.857. The molecule has 4 nitrogen and oxygen atoms in total. The Morgan fingerprint density at radius 1 is 1.20 bits per heavy atom. The summed E-state index contributed by atoms with van der Waals surface area (Å²) in [6, 6.07) is 10.5. The lowest BCUT2D eigenvalue weighted by Crippen LogP contribution is -2.11. The molecule has 1 atom stereocenters. The summed E-state index contributed by atoms with van der Waals surface area (Å²) >= 11 is 0. The van der Waals surface area contributed by atoms with Crippen LogP contribution < -0.4 is 0 Å². The molecule has 2 aliphatic rings. The van der Waals surface area contributed by atoms with Gasteiger partial charge >= 0.3 is 0 Å². The third-order valence-electron chi connectivity index (χ3n) is 4.39. The van der Waals surface area contributed by atoms with E-state index in [2.05, 4.69) is 34.4 Å². The van der Waals surface area contributed by atoms with Crippen LogP contribution in [0.25, 0.3) is 0 Å². The van der Waals surface area contributed by atoms with Gasteiger partial charge in [0.2, 0.25) is 5.89 Å². The Bertz CT molecular complexity index is 584. The van der Waals surface area contributed by atoms with E-state index in [1.54, 1.807) is 0 Å². The molecule has 20 heavy (non-hydrogen) atoms. The average Bonchev–Trinajstić information content (AvgIpc) is 2.91. The fourth-order valence-corrected chi connectivity index (χ4v) is 3.05. The summed E-state index contributed by atoms with van der Waals surface area (Å²) in [5.41, 5.74) is 1.26. The standard InChI is InChI=1S/C16H18N2O2/c1-2-5-12(6-3-1)16(8-9-16)15-17-14(18-20-15)11-13-7-4-10-19-13/h1-3,5-6,13H,4,7-11H2/t13-/m1/s1. The normalized spacial score (nSPS) is 23.9. The van der Waals surface area contributed by atoms with Gasteiger partial charge in [-0.15, -0.1) is 0 Å². The highest BCUT2D eigenvalue weighted by Gasteiger charge is 2.50. The zero-order valence-electron chi connectivity index (χ0n) is 11.4. The summed E-state index contributed by atoms with van der Waals surface area (Å²) in [5.74, 6) is 1.56. The van der Waals surface area contributed by atoms with Crippen LogP contribution in [0, 0.1) is 0 Å². The molecular formula is C16H18N2O2. The molecule has 1 saturated heterocycles. The fourth-order valence-electron chi connectivity index (χ4n) is 3.05. The number of rotatable bonds is 4. The Labute approximate surface area is 118 Å². The van der Waals surface area contributed by atoms with Gasteiger partial charge in [0.15, 0.2) is 5.82 Å². The molecule has 1 aliphatic carbocycles. The molecule has 1 aromatic heterocycles. The minimum Gasteiger partial charge on any atom is -0.378 e. The van der Waals surface area contributed by atoms with Crippen LogP contribution in [0.5, 0.6) is 0 Å². The van der Waals surface area contributed by atoms with Gasteiger partial charge in [0.1, 0.15) is 0 Å². The first-order chi connectivity index (χ1) is 9.87. The van der Waals surface area contributed by atoms with E-state index in [9.17, 15) is 0 Å². The molecule has 0 unspecified atom stereocenters. The zero-order valence-corrected chi connectivity index (χ0v) is 11.4. The second-order valence-corrected chi connectivity index (χ2v) is 5.80. The van der Waals surface area contributed by atoms with Crippen LogP contribution in [0.2, 0.25) is 0 Å². The molecule has 104 valence electrons. The lowest BCUT2D eigenvalue weighted by Gasteiger charge is -2.09. The summed E-state index contributed by atoms with van der Waals surface area (Å²) in [5, 5.41) is 4.15. The van der Waals surface area contributed by atoms with E-state index < -0.39 is 0 Å². The molecular weight excluding hydrogens is 252 g/mol. The molecule has 0 amide bonds. The molecule has 2 heterocycles. The van der Waals surface area contributed by atoms with Crippen LogP contribution in [0.3, 0.4) is 0 Å². The summed E-state index contributed by atoms with van der Waals surface area (Å²) in [6.07, 6.45) is 5.48. The zero-order chi connectivity index (χ0) is 13.4. The van der Waals surface area contributed by atoms with Crippen LogP contribution in [0.4, 0.5) is 0 Å². The highest BCUT2D eigenvalue weighted by molar-refractivity contribution is 5.37. The monoisotopic (exact) mass is 270 g/mol. The van der Waals surface area contributed by atoms with Crippen molar-refractivity contribution in [2.24, 2.45) is 0 Å². The Balaban J connectivity index is 1.56. The van der Waals surface area contributed by atoms with Gasteiger partial charge in [-0.05, 0) is 31.2 Å². The van der Waals surface area contributed by atoms with Crippen LogP contribution in [0.1, 0.15) is 43.0 Å². The molecule has 0 bridgehead atoms. The lowest BCUT2D eigenvalue weighted by atomic mass is 9.96. The first-order valence-corrected chi connectivity index (χ1v) is 7.37. The van der Waals surface area contributed by atoms with Crippen LogP contribution >= 0.6 is 0 Å². The van der Waals surface area contributed by atoms with Gasteiger partial charge in [0, 0.05) is 13.0 Å². The summed E-state index contributed by atoms with van der Waals surface area (Å²) < 4.78 is 11.2. The lowest BCUT2D eigenvalue weighted by molar-refractivity contribution is 0.109. The van der Waals surface area contributed by atoms with E-state index >= 15 is 0 Å². The van der Waals surface area contributed by atoms with Crippen molar-refractivity contribution in [2.75, 3.05) is 6.61 Å². The largest absolute Gasteiger partial charge is 0.378 e. The van der Waals surface area contributed by atoms with E-state index in [0.29, 0.717) is 0 Å².